The van der Waals surface area contributed by atoms with E-state index < -0.39 is 28.6 Å². The molecule has 3 rings (SSSR count). The van der Waals surface area contributed by atoms with E-state index in [0.29, 0.717) is 11.8 Å². The standard InChI is InChI=1S/C18H12F3NO3S/c19-18(20,21)13-8-12(6-7-14(13)23)9-15-16(24)22(17(25)26-15)10-11-4-2-1-3-5-11/h1-9,23H,10H2. The number of hydrogen-bond acceptors (Lipinski definition) is 4. The summed E-state index contributed by atoms with van der Waals surface area (Å²) in [5.74, 6) is -1.46. The molecule has 1 N–H and O–H groups in total. The van der Waals surface area contributed by atoms with Gasteiger partial charge in [-0.2, -0.15) is 13.2 Å². The Morgan fingerprint density at radius 1 is 1.08 bits per heavy atom. The highest BCUT2D eigenvalue weighted by molar-refractivity contribution is 8.18. The van der Waals surface area contributed by atoms with Gasteiger partial charge < -0.3 is 5.11 Å². The summed E-state index contributed by atoms with van der Waals surface area (Å²) in [7, 11) is 0. The molecule has 0 aromatic heterocycles. The fourth-order valence-corrected chi connectivity index (χ4v) is 3.26. The van der Waals surface area contributed by atoms with E-state index in [9.17, 15) is 27.9 Å². The van der Waals surface area contributed by atoms with Crippen LogP contribution in [0.25, 0.3) is 6.08 Å². The number of imide groups is 1. The number of phenols is 1. The number of carbonyl (C=O) groups excluding carboxylic acids is 2. The monoisotopic (exact) mass is 379 g/mol. The minimum Gasteiger partial charge on any atom is -0.507 e. The molecule has 0 atom stereocenters. The number of benzene rings is 2. The second kappa shape index (κ2) is 6.87. The van der Waals surface area contributed by atoms with E-state index in [1.807, 2.05) is 0 Å². The summed E-state index contributed by atoms with van der Waals surface area (Å²) in [6, 6.07) is 11.8. The highest BCUT2D eigenvalue weighted by atomic mass is 32.2. The van der Waals surface area contributed by atoms with Crippen molar-refractivity contribution in [3.63, 3.8) is 0 Å². The van der Waals surface area contributed by atoms with Crippen LogP contribution < -0.4 is 0 Å². The summed E-state index contributed by atoms with van der Waals surface area (Å²) < 4.78 is 38.6. The fraction of sp³-hybridized carbons (Fsp3) is 0.111. The molecule has 0 unspecified atom stereocenters. The van der Waals surface area contributed by atoms with Crippen LogP contribution >= 0.6 is 11.8 Å². The highest BCUT2D eigenvalue weighted by Crippen LogP contribution is 2.38. The Balaban J connectivity index is 1.86. The predicted octanol–water partition coefficient (Wildman–Crippen LogP) is 4.65. The van der Waals surface area contributed by atoms with Gasteiger partial charge in [0.1, 0.15) is 5.75 Å². The number of thioether (sulfide) groups is 1. The zero-order valence-corrected chi connectivity index (χ0v) is 14.0. The number of aromatic hydroxyl groups is 1. The van der Waals surface area contributed by atoms with Gasteiger partial charge in [0.2, 0.25) is 0 Å². The summed E-state index contributed by atoms with van der Waals surface area (Å²) >= 11 is 0.668. The molecule has 8 heteroatoms. The van der Waals surface area contributed by atoms with Crippen LogP contribution in [0, 0.1) is 0 Å². The molecule has 0 saturated carbocycles. The molecule has 0 bridgehead atoms. The molecule has 0 aliphatic carbocycles. The average Bonchev–Trinajstić information content (AvgIpc) is 2.84. The first-order valence-corrected chi connectivity index (χ1v) is 8.27. The van der Waals surface area contributed by atoms with Gasteiger partial charge in [0, 0.05) is 0 Å². The van der Waals surface area contributed by atoms with E-state index in [-0.39, 0.29) is 17.0 Å². The second-order valence-corrected chi connectivity index (χ2v) is 6.52. The van der Waals surface area contributed by atoms with Crippen molar-refractivity contribution < 1.29 is 27.9 Å². The molecule has 2 aromatic carbocycles. The minimum atomic E-state index is -4.72. The first-order chi connectivity index (χ1) is 12.3. The van der Waals surface area contributed by atoms with Crippen molar-refractivity contribution in [3.8, 4) is 5.75 Å². The van der Waals surface area contributed by atoms with Crippen LogP contribution in [-0.4, -0.2) is 21.2 Å². The Hall–Kier alpha value is -2.74. The van der Waals surface area contributed by atoms with Gasteiger partial charge in [-0.05, 0) is 41.1 Å². The average molecular weight is 379 g/mol. The number of halogens is 3. The molecule has 0 spiro atoms. The van der Waals surface area contributed by atoms with Crippen LogP contribution in [0.2, 0.25) is 0 Å². The van der Waals surface area contributed by atoms with Crippen LogP contribution in [0.1, 0.15) is 16.7 Å². The lowest BCUT2D eigenvalue weighted by Gasteiger charge is -2.12. The van der Waals surface area contributed by atoms with E-state index in [2.05, 4.69) is 0 Å². The summed E-state index contributed by atoms with van der Waals surface area (Å²) in [4.78, 5) is 25.6. The van der Waals surface area contributed by atoms with Crippen LogP contribution in [-0.2, 0) is 17.5 Å². The second-order valence-electron chi connectivity index (χ2n) is 5.53. The van der Waals surface area contributed by atoms with Crippen molar-refractivity contribution in [3.05, 3.63) is 70.1 Å². The first kappa shape index (κ1) is 18.1. The molecule has 1 saturated heterocycles. The van der Waals surface area contributed by atoms with Crippen LogP contribution in [0.4, 0.5) is 18.0 Å². The highest BCUT2D eigenvalue weighted by Gasteiger charge is 2.36. The molecule has 4 nitrogen and oxygen atoms in total. The SMILES string of the molecule is O=C1SC(=Cc2ccc(O)c(C(F)(F)F)c2)C(=O)N1Cc1ccccc1. The molecule has 26 heavy (non-hydrogen) atoms. The molecular weight excluding hydrogens is 367 g/mol. The summed E-state index contributed by atoms with van der Waals surface area (Å²) in [6.07, 6.45) is -3.51. The first-order valence-electron chi connectivity index (χ1n) is 7.45. The van der Waals surface area contributed by atoms with Crippen molar-refractivity contribution in [2.24, 2.45) is 0 Å². The van der Waals surface area contributed by atoms with Gasteiger partial charge in [0.25, 0.3) is 11.1 Å². The number of alkyl halides is 3. The van der Waals surface area contributed by atoms with Crippen molar-refractivity contribution in [1.29, 1.82) is 0 Å². The molecule has 0 radical (unpaired) electrons. The van der Waals surface area contributed by atoms with Gasteiger partial charge in [-0.15, -0.1) is 0 Å². The molecule has 1 heterocycles. The molecular formula is C18H12F3NO3S. The van der Waals surface area contributed by atoms with E-state index >= 15 is 0 Å². The van der Waals surface area contributed by atoms with Gasteiger partial charge in [-0.3, -0.25) is 14.5 Å². The largest absolute Gasteiger partial charge is 0.507 e. The lowest BCUT2D eigenvalue weighted by atomic mass is 10.1. The van der Waals surface area contributed by atoms with Gasteiger partial charge in [-0.1, -0.05) is 36.4 Å². The zero-order chi connectivity index (χ0) is 18.9. The normalized spacial score (nSPS) is 16.6. The quantitative estimate of drug-likeness (QED) is 0.789. The molecule has 1 fully saturated rings. The number of carbonyl (C=O) groups is 2. The third-order valence-corrected chi connectivity index (χ3v) is 4.59. The Morgan fingerprint density at radius 2 is 1.77 bits per heavy atom. The number of amides is 2. The zero-order valence-electron chi connectivity index (χ0n) is 13.2. The topological polar surface area (TPSA) is 57.6 Å². The van der Waals surface area contributed by atoms with Crippen LogP contribution in [0.15, 0.2) is 53.4 Å². The predicted molar refractivity (Wildman–Crippen MR) is 91.1 cm³/mol. The maximum absolute atomic E-state index is 12.9. The number of hydrogen-bond donors (Lipinski definition) is 1. The number of phenolic OH excluding ortho intramolecular Hbond substituents is 1. The lowest BCUT2D eigenvalue weighted by molar-refractivity contribution is -0.138. The Kier molecular flexibility index (Phi) is 4.78. The van der Waals surface area contributed by atoms with Crippen molar-refractivity contribution in [2.45, 2.75) is 12.7 Å². The number of rotatable bonds is 3. The molecule has 1 aliphatic rings. The van der Waals surface area contributed by atoms with E-state index in [0.717, 1.165) is 22.6 Å². The fourth-order valence-electron chi connectivity index (χ4n) is 2.42. The van der Waals surface area contributed by atoms with E-state index in [1.54, 1.807) is 30.3 Å². The molecule has 134 valence electrons. The van der Waals surface area contributed by atoms with Crippen molar-refractivity contribution in [2.75, 3.05) is 0 Å². The van der Waals surface area contributed by atoms with Crippen molar-refractivity contribution >= 4 is 29.0 Å². The smallest absolute Gasteiger partial charge is 0.419 e. The Labute approximate surface area is 150 Å². The van der Waals surface area contributed by atoms with Crippen molar-refractivity contribution in [1.82, 2.24) is 4.90 Å². The summed E-state index contributed by atoms with van der Waals surface area (Å²) in [5.41, 5.74) is -0.366. The third kappa shape index (κ3) is 3.75. The van der Waals surface area contributed by atoms with E-state index in [4.69, 9.17) is 0 Å². The molecule has 2 aromatic rings. The Morgan fingerprint density at radius 3 is 2.42 bits per heavy atom. The summed E-state index contributed by atoms with van der Waals surface area (Å²) in [6.45, 7) is 0.0895. The van der Waals surface area contributed by atoms with E-state index in [1.165, 1.54) is 12.1 Å². The number of nitrogens with zero attached hydrogens (tertiary/aromatic N) is 1. The molecule has 2 amide bonds. The maximum atomic E-state index is 12.9. The lowest BCUT2D eigenvalue weighted by Crippen LogP contribution is -2.27. The summed E-state index contributed by atoms with van der Waals surface area (Å²) in [5, 5.41) is 8.87. The third-order valence-electron chi connectivity index (χ3n) is 3.68. The van der Waals surface area contributed by atoms with Crippen LogP contribution in [0.5, 0.6) is 5.75 Å². The van der Waals surface area contributed by atoms with Crippen LogP contribution in [0.3, 0.4) is 0 Å². The van der Waals surface area contributed by atoms with Gasteiger partial charge in [-0.25, -0.2) is 0 Å². The Bertz CT molecular complexity index is 894. The maximum Gasteiger partial charge on any atom is 0.419 e. The van der Waals surface area contributed by atoms with Gasteiger partial charge in [0.05, 0.1) is 17.0 Å². The molecule has 1 aliphatic heterocycles. The minimum absolute atomic E-state index is 0.0322. The van der Waals surface area contributed by atoms with Gasteiger partial charge >= 0.3 is 6.18 Å². The van der Waals surface area contributed by atoms with Gasteiger partial charge in [0.15, 0.2) is 0 Å².